The van der Waals surface area contributed by atoms with Crippen molar-refractivity contribution in [3.8, 4) is 26.6 Å². The summed E-state index contributed by atoms with van der Waals surface area (Å²) < 4.78 is 5.21. The van der Waals surface area contributed by atoms with E-state index < -0.39 is 0 Å². The van der Waals surface area contributed by atoms with Gasteiger partial charge in [0.1, 0.15) is 5.75 Å². The Hall–Kier alpha value is -2.26. The first kappa shape index (κ1) is 14.7. The Bertz CT molecular complexity index is 742. The molecule has 2 aromatic carbocycles. The van der Waals surface area contributed by atoms with Crippen LogP contribution >= 0.6 is 11.3 Å². The zero-order valence-electron chi connectivity index (χ0n) is 13.0. The van der Waals surface area contributed by atoms with Crippen LogP contribution in [0.1, 0.15) is 0 Å². The number of hydrogen-bond donors (Lipinski definition) is 0. The molecule has 0 N–H and O–H groups in total. The van der Waals surface area contributed by atoms with Crippen LogP contribution in [0.3, 0.4) is 0 Å². The van der Waals surface area contributed by atoms with Crippen LogP contribution in [0.5, 0.6) is 5.75 Å². The first-order valence-corrected chi connectivity index (χ1v) is 8.01. The first-order chi connectivity index (χ1) is 10.7. The lowest BCUT2D eigenvalue weighted by atomic mass is 10.1. The summed E-state index contributed by atoms with van der Waals surface area (Å²) in [6.45, 7) is 0. The lowest BCUT2D eigenvalue weighted by molar-refractivity contribution is 0.415. The summed E-state index contributed by atoms with van der Waals surface area (Å²) >= 11 is 1.81. The molecule has 0 unspecified atom stereocenters. The molecule has 0 fully saturated rings. The monoisotopic (exact) mass is 309 g/mol. The van der Waals surface area contributed by atoms with E-state index in [0.29, 0.717) is 0 Å². The fourth-order valence-electron chi connectivity index (χ4n) is 2.33. The second kappa shape index (κ2) is 6.24. The Morgan fingerprint density at radius 3 is 1.68 bits per heavy atom. The summed E-state index contributed by atoms with van der Waals surface area (Å²) in [4.78, 5) is 4.67. The normalized spacial score (nSPS) is 10.5. The van der Waals surface area contributed by atoms with Gasteiger partial charge in [-0.15, -0.1) is 11.3 Å². The summed E-state index contributed by atoms with van der Waals surface area (Å²) in [6, 6.07) is 21.2. The van der Waals surface area contributed by atoms with Gasteiger partial charge in [-0.1, -0.05) is 12.1 Å². The predicted molar refractivity (Wildman–Crippen MR) is 96.1 cm³/mol. The topological polar surface area (TPSA) is 12.5 Å². The summed E-state index contributed by atoms with van der Waals surface area (Å²) in [7, 11) is 5.81. The highest BCUT2D eigenvalue weighted by Gasteiger charge is 2.06. The Morgan fingerprint density at radius 1 is 0.727 bits per heavy atom. The van der Waals surface area contributed by atoms with Crippen molar-refractivity contribution in [2.75, 3.05) is 26.1 Å². The van der Waals surface area contributed by atoms with Crippen LogP contribution in [0.2, 0.25) is 0 Å². The third-order valence-corrected chi connectivity index (χ3v) is 4.83. The van der Waals surface area contributed by atoms with Gasteiger partial charge in [0.25, 0.3) is 0 Å². The van der Waals surface area contributed by atoms with Crippen LogP contribution in [0, 0.1) is 0 Å². The van der Waals surface area contributed by atoms with Crippen molar-refractivity contribution in [3.63, 3.8) is 0 Å². The average molecular weight is 309 g/mol. The van der Waals surface area contributed by atoms with Crippen LogP contribution in [0.25, 0.3) is 20.9 Å². The summed E-state index contributed by atoms with van der Waals surface area (Å²) in [6.07, 6.45) is 0. The van der Waals surface area contributed by atoms with Crippen LogP contribution in [0.15, 0.2) is 60.7 Å². The van der Waals surface area contributed by atoms with Gasteiger partial charge in [0.15, 0.2) is 0 Å². The van der Waals surface area contributed by atoms with E-state index in [9.17, 15) is 0 Å². The molecule has 3 heteroatoms. The van der Waals surface area contributed by atoms with Crippen LogP contribution in [0.4, 0.5) is 5.69 Å². The van der Waals surface area contributed by atoms with E-state index in [1.165, 1.54) is 26.6 Å². The molecule has 1 heterocycles. The minimum absolute atomic E-state index is 0.889. The maximum atomic E-state index is 5.21. The molecule has 3 aromatic rings. The Kier molecular flexibility index (Phi) is 4.16. The van der Waals surface area contributed by atoms with E-state index in [-0.39, 0.29) is 0 Å². The highest BCUT2D eigenvalue weighted by atomic mass is 32.1. The van der Waals surface area contributed by atoms with Crippen LogP contribution in [-0.2, 0) is 0 Å². The number of rotatable bonds is 4. The SMILES string of the molecule is COc1ccc(-c2ccc(-c3ccc(N(C)C)cc3)s2)cc1. The van der Waals surface area contributed by atoms with E-state index in [1.54, 1.807) is 7.11 Å². The second-order valence-corrected chi connectivity index (χ2v) is 6.42. The standard InChI is InChI=1S/C19H19NOS/c1-20(2)16-8-4-14(5-9-16)18-12-13-19(22-18)15-6-10-17(21-3)11-7-15/h4-13H,1-3H3. The van der Waals surface area contributed by atoms with E-state index >= 15 is 0 Å². The molecule has 1 aromatic heterocycles. The molecule has 0 spiro atoms. The van der Waals surface area contributed by atoms with Gasteiger partial charge in [-0.25, -0.2) is 0 Å². The fourth-order valence-corrected chi connectivity index (χ4v) is 3.34. The van der Waals surface area contributed by atoms with E-state index in [1.807, 2.05) is 23.5 Å². The molecule has 0 bridgehead atoms. The number of anilines is 1. The highest BCUT2D eigenvalue weighted by molar-refractivity contribution is 7.18. The summed E-state index contributed by atoms with van der Waals surface area (Å²) in [5.41, 5.74) is 3.70. The van der Waals surface area contributed by atoms with Gasteiger partial charge < -0.3 is 9.64 Å². The molecule has 0 saturated heterocycles. The molecule has 0 saturated carbocycles. The first-order valence-electron chi connectivity index (χ1n) is 7.19. The second-order valence-electron chi connectivity index (χ2n) is 5.33. The number of ether oxygens (including phenoxy) is 1. The van der Waals surface area contributed by atoms with Crippen molar-refractivity contribution in [1.29, 1.82) is 0 Å². The number of thiophene rings is 1. The molecule has 2 nitrogen and oxygen atoms in total. The molecule has 0 aliphatic heterocycles. The number of nitrogens with zero attached hydrogens (tertiary/aromatic N) is 1. The lowest BCUT2D eigenvalue weighted by Gasteiger charge is -2.12. The molecule has 0 aliphatic carbocycles. The van der Waals surface area contributed by atoms with E-state index in [4.69, 9.17) is 4.74 Å². The van der Waals surface area contributed by atoms with Gasteiger partial charge in [0.05, 0.1) is 7.11 Å². The Balaban J connectivity index is 1.86. The van der Waals surface area contributed by atoms with Crippen molar-refractivity contribution in [2.45, 2.75) is 0 Å². The van der Waals surface area contributed by atoms with E-state index in [0.717, 1.165) is 5.75 Å². The molecule has 3 rings (SSSR count). The zero-order valence-corrected chi connectivity index (χ0v) is 13.9. The van der Waals surface area contributed by atoms with Gasteiger partial charge in [0.2, 0.25) is 0 Å². The van der Waals surface area contributed by atoms with Crippen LogP contribution in [-0.4, -0.2) is 21.2 Å². The van der Waals surface area contributed by atoms with Crippen molar-refractivity contribution >= 4 is 17.0 Å². The average Bonchev–Trinajstić information content (AvgIpc) is 3.05. The Labute approximate surface area is 135 Å². The molecule has 0 amide bonds. The molecule has 22 heavy (non-hydrogen) atoms. The molecule has 112 valence electrons. The predicted octanol–water partition coefficient (Wildman–Crippen LogP) is 5.16. The lowest BCUT2D eigenvalue weighted by Crippen LogP contribution is -2.07. The van der Waals surface area contributed by atoms with Crippen molar-refractivity contribution < 1.29 is 4.74 Å². The summed E-state index contributed by atoms with van der Waals surface area (Å²) in [5.74, 6) is 0.889. The molecule has 0 aliphatic rings. The van der Waals surface area contributed by atoms with Gasteiger partial charge in [0, 0.05) is 29.5 Å². The maximum absolute atomic E-state index is 5.21. The van der Waals surface area contributed by atoms with Gasteiger partial charge in [-0.3, -0.25) is 0 Å². The van der Waals surface area contributed by atoms with Crippen molar-refractivity contribution in [3.05, 3.63) is 60.7 Å². The molecule has 0 atom stereocenters. The van der Waals surface area contributed by atoms with Crippen molar-refractivity contribution in [2.24, 2.45) is 0 Å². The molecular weight excluding hydrogens is 290 g/mol. The smallest absolute Gasteiger partial charge is 0.118 e. The largest absolute Gasteiger partial charge is 0.497 e. The van der Waals surface area contributed by atoms with Crippen molar-refractivity contribution in [1.82, 2.24) is 0 Å². The fraction of sp³-hybridized carbons (Fsp3) is 0.158. The Morgan fingerprint density at radius 2 is 1.23 bits per heavy atom. The minimum atomic E-state index is 0.889. The van der Waals surface area contributed by atoms with Gasteiger partial charge in [-0.05, 0) is 59.7 Å². The van der Waals surface area contributed by atoms with Gasteiger partial charge in [-0.2, -0.15) is 0 Å². The summed E-state index contributed by atoms with van der Waals surface area (Å²) in [5, 5.41) is 0. The third-order valence-electron chi connectivity index (χ3n) is 3.65. The van der Waals surface area contributed by atoms with Gasteiger partial charge >= 0.3 is 0 Å². The highest BCUT2D eigenvalue weighted by Crippen LogP contribution is 2.35. The minimum Gasteiger partial charge on any atom is -0.497 e. The van der Waals surface area contributed by atoms with E-state index in [2.05, 4.69) is 67.5 Å². The molecule has 0 radical (unpaired) electrons. The number of hydrogen-bond acceptors (Lipinski definition) is 3. The van der Waals surface area contributed by atoms with Crippen LogP contribution < -0.4 is 9.64 Å². The quantitative estimate of drug-likeness (QED) is 0.660. The zero-order chi connectivity index (χ0) is 15.5. The number of benzene rings is 2. The maximum Gasteiger partial charge on any atom is 0.118 e. The molecular formula is C19H19NOS. The number of methoxy groups -OCH3 is 1. The third kappa shape index (κ3) is 3.00.